The van der Waals surface area contributed by atoms with E-state index in [1.165, 1.54) is 78.9 Å². The van der Waals surface area contributed by atoms with Crippen LogP contribution < -0.4 is 16.0 Å². The van der Waals surface area contributed by atoms with Gasteiger partial charge in [0.15, 0.2) is 0 Å². The summed E-state index contributed by atoms with van der Waals surface area (Å²) in [6.07, 6.45) is 0. The number of carbonyl (C=O) groups excluding carboxylic acids is 3. The Bertz CT molecular complexity index is 1630. The van der Waals surface area contributed by atoms with Crippen LogP contribution in [0, 0.1) is 10.1 Å². The number of nitrogens with one attached hydrogen (secondary N) is 3. The first-order chi connectivity index (χ1) is 20.0. The van der Waals surface area contributed by atoms with Crippen LogP contribution in [-0.2, 0) is 0 Å². The number of aromatic carboxylic acids is 2. The fourth-order valence-electron chi connectivity index (χ4n) is 3.70. The molecule has 0 radical (unpaired) electrons. The highest BCUT2D eigenvalue weighted by Gasteiger charge is 2.17. The first-order valence-corrected chi connectivity index (χ1v) is 12.0. The first kappa shape index (κ1) is 28.6. The maximum absolute atomic E-state index is 13.1. The molecule has 5 N–H and O–H groups in total. The first-order valence-electron chi connectivity index (χ1n) is 12.0. The Balaban J connectivity index is 1.62. The van der Waals surface area contributed by atoms with E-state index in [0.29, 0.717) is 0 Å². The number of amides is 3. The molecule has 13 heteroatoms. The lowest BCUT2D eigenvalue weighted by Gasteiger charge is -2.12. The highest BCUT2D eigenvalue weighted by Crippen LogP contribution is 2.21. The lowest BCUT2D eigenvalue weighted by Crippen LogP contribution is -2.18. The molecule has 0 heterocycles. The molecule has 0 saturated carbocycles. The maximum Gasteiger partial charge on any atom is 0.335 e. The fraction of sp³-hybridized carbons (Fsp3) is 0. The Hall–Kier alpha value is -6.37. The average molecular weight is 568 g/mol. The minimum absolute atomic E-state index is 0.0132. The minimum atomic E-state index is -1.14. The summed E-state index contributed by atoms with van der Waals surface area (Å²) in [6.45, 7) is 0. The van der Waals surface area contributed by atoms with Gasteiger partial charge < -0.3 is 26.2 Å². The van der Waals surface area contributed by atoms with Crippen LogP contribution in [0.25, 0.3) is 0 Å². The van der Waals surface area contributed by atoms with E-state index in [1.54, 1.807) is 0 Å². The Kier molecular flexibility index (Phi) is 8.33. The van der Waals surface area contributed by atoms with Crippen LogP contribution in [0.3, 0.4) is 0 Å². The number of hydrogen-bond donors (Lipinski definition) is 5. The molecule has 4 aromatic rings. The average Bonchev–Trinajstić information content (AvgIpc) is 2.97. The van der Waals surface area contributed by atoms with Gasteiger partial charge in [-0.2, -0.15) is 0 Å². The molecule has 0 aliphatic carbocycles. The van der Waals surface area contributed by atoms with Crippen molar-refractivity contribution in [3.05, 3.63) is 129 Å². The summed E-state index contributed by atoms with van der Waals surface area (Å²) < 4.78 is 0. The zero-order chi connectivity index (χ0) is 30.4. The summed E-state index contributed by atoms with van der Waals surface area (Å²) in [5.74, 6) is -4.30. The number of rotatable bonds is 9. The molecular formula is C29H20N4O9. The van der Waals surface area contributed by atoms with Crippen molar-refractivity contribution in [1.29, 1.82) is 0 Å². The fourth-order valence-corrected chi connectivity index (χ4v) is 3.70. The largest absolute Gasteiger partial charge is 0.478 e. The molecule has 0 aliphatic rings. The van der Waals surface area contributed by atoms with E-state index in [-0.39, 0.29) is 50.6 Å². The molecule has 0 aliphatic heterocycles. The van der Waals surface area contributed by atoms with Crippen molar-refractivity contribution < 1.29 is 39.1 Å². The van der Waals surface area contributed by atoms with E-state index >= 15 is 0 Å². The second-order valence-electron chi connectivity index (χ2n) is 8.73. The van der Waals surface area contributed by atoms with Gasteiger partial charge >= 0.3 is 11.9 Å². The van der Waals surface area contributed by atoms with Crippen LogP contribution in [0.5, 0.6) is 0 Å². The molecule has 0 fully saturated rings. The van der Waals surface area contributed by atoms with Gasteiger partial charge in [-0.05, 0) is 78.9 Å². The van der Waals surface area contributed by atoms with E-state index < -0.39 is 34.6 Å². The van der Waals surface area contributed by atoms with Crippen molar-refractivity contribution >= 4 is 52.4 Å². The van der Waals surface area contributed by atoms with E-state index in [4.69, 9.17) is 10.2 Å². The van der Waals surface area contributed by atoms with Crippen molar-refractivity contribution in [2.75, 3.05) is 16.0 Å². The number of benzene rings is 4. The van der Waals surface area contributed by atoms with Crippen LogP contribution in [0.2, 0.25) is 0 Å². The lowest BCUT2D eigenvalue weighted by atomic mass is 10.1. The van der Waals surface area contributed by atoms with E-state index in [0.717, 1.165) is 12.1 Å². The molecule has 4 rings (SSSR count). The van der Waals surface area contributed by atoms with Crippen molar-refractivity contribution in [2.45, 2.75) is 0 Å². The van der Waals surface area contributed by atoms with Crippen molar-refractivity contribution in [2.24, 2.45) is 0 Å². The van der Waals surface area contributed by atoms with Gasteiger partial charge in [0.1, 0.15) is 0 Å². The van der Waals surface area contributed by atoms with Gasteiger partial charge in [-0.15, -0.1) is 0 Å². The van der Waals surface area contributed by atoms with Gasteiger partial charge in [0.25, 0.3) is 23.4 Å². The number of non-ortho nitro benzene ring substituents is 1. The molecule has 0 atom stereocenters. The molecule has 42 heavy (non-hydrogen) atoms. The van der Waals surface area contributed by atoms with E-state index in [9.17, 15) is 34.1 Å². The summed E-state index contributed by atoms with van der Waals surface area (Å²) in [4.78, 5) is 71.5. The zero-order valence-electron chi connectivity index (χ0n) is 21.4. The van der Waals surface area contributed by atoms with Gasteiger partial charge in [-0.1, -0.05) is 0 Å². The van der Waals surface area contributed by atoms with Gasteiger partial charge in [0.2, 0.25) is 0 Å². The molecule has 0 bridgehead atoms. The lowest BCUT2D eigenvalue weighted by molar-refractivity contribution is -0.384. The third-order valence-electron chi connectivity index (χ3n) is 5.84. The standard InChI is InChI=1S/C29H20N4O9/c34-25(16-5-11-24(12-6-16)33(41)42)32-23-14-19(26(35)30-21-7-1-17(2-8-21)28(37)38)13-20(15-23)27(36)31-22-9-3-18(4-10-22)29(39)40/h1-15H,(H,30,35)(H,31,36)(H,32,34)(H,37,38)(H,39,40). The smallest absolute Gasteiger partial charge is 0.335 e. The summed E-state index contributed by atoms with van der Waals surface area (Å²) in [5, 5.41) is 36.8. The van der Waals surface area contributed by atoms with Crippen LogP contribution in [0.1, 0.15) is 51.8 Å². The number of nitro benzene ring substituents is 1. The highest BCUT2D eigenvalue weighted by atomic mass is 16.6. The summed E-state index contributed by atoms with van der Waals surface area (Å²) >= 11 is 0. The quantitative estimate of drug-likeness (QED) is 0.139. The molecule has 4 aromatic carbocycles. The van der Waals surface area contributed by atoms with Gasteiger partial charge in [-0.3, -0.25) is 24.5 Å². The van der Waals surface area contributed by atoms with Crippen LogP contribution in [-0.4, -0.2) is 44.8 Å². The predicted octanol–water partition coefficient (Wildman–Crippen LogP) is 4.75. The Morgan fingerprint density at radius 2 is 0.857 bits per heavy atom. The SMILES string of the molecule is O=C(O)c1ccc(NC(=O)c2cc(NC(=O)c3ccc([N+](=O)[O-])cc3)cc(C(=O)Nc3ccc(C(=O)O)cc3)c2)cc1. The van der Waals surface area contributed by atoms with Crippen molar-refractivity contribution in [1.82, 2.24) is 0 Å². The summed E-state index contributed by atoms with van der Waals surface area (Å²) in [6, 6.07) is 19.4. The highest BCUT2D eigenvalue weighted by molar-refractivity contribution is 6.11. The van der Waals surface area contributed by atoms with Gasteiger partial charge in [-0.25, -0.2) is 9.59 Å². The number of carbonyl (C=O) groups is 5. The zero-order valence-corrected chi connectivity index (χ0v) is 21.4. The molecule has 0 saturated heterocycles. The molecular weight excluding hydrogens is 548 g/mol. The monoisotopic (exact) mass is 568 g/mol. The topological polar surface area (TPSA) is 205 Å². The molecule has 0 unspecified atom stereocenters. The molecule has 0 aromatic heterocycles. The van der Waals surface area contributed by atoms with E-state index in [1.807, 2.05) is 0 Å². The van der Waals surface area contributed by atoms with Crippen LogP contribution in [0.4, 0.5) is 22.7 Å². The third-order valence-corrected chi connectivity index (χ3v) is 5.84. The predicted molar refractivity (Wildman–Crippen MR) is 150 cm³/mol. The number of hydrogen-bond acceptors (Lipinski definition) is 7. The Morgan fingerprint density at radius 3 is 1.24 bits per heavy atom. The third kappa shape index (κ3) is 6.98. The molecule has 13 nitrogen and oxygen atoms in total. The van der Waals surface area contributed by atoms with E-state index in [2.05, 4.69) is 16.0 Å². The molecule has 210 valence electrons. The molecule has 0 spiro atoms. The van der Waals surface area contributed by atoms with Crippen LogP contribution in [0.15, 0.2) is 91.0 Å². The number of nitro groups is 1. The number of anilines is 3. The second-order valence-corrected chi connectivity index (χ2v) is 8.73. The summed E-state index contributed by atoms with van der Waals surface area (Å²) in [7, 11) is 0. The number of carboxylic acid groups (broad SMARTS) is 2. The Morgan fingerprint density at radius 1 is 0.500 bits per heavy atom. The maximum atomic E-state index is 13.1. The summed E-state index contributed by atoms with van der Waals surface area (Å²) in [5.41, 5.74) is 0.424. The number of nitrogens with zero attached hydrogens (tertiary/aromatic N) is 1. The van der Waals surface area contributed by atoms with Gasteiger partial charge in [0.05, 0.1) is 16.1 Å². The molecule has 3 amide bonds. The Labute approximate surface area is 236 Å². The van der Waals surface area contributed by atoms with Crippen LogP contribution >= 0.6 is 0 Å². The second kappa shape index (κ2) is 12.2. The van der Waals surface area contributed by atoms with Crippen molar-refractivity contribution in [3.8, 4) is 0 Å². The normalized spacial score (nSPS) is 10.3. The number of carboxylic acids is 2. The van der Waals surface area contributed by atoms with Gasteiger partial charge in [0, 0.05) is 45.9 Å². The van der Waals surface area contributed by atoms with Crippen molar-refractivity contribution in [3.63, 3.8) is 0 Å². The minimum Gasteiger partial charge on any atom is -0.478 e.